The highest BCUT2D eigenvalue weighted by atomic mass is 16.6. The second-order valence-electron chi connectivity index (χ2n) is 4.15. The minimum atomic E-state index is -0.279. The molecule has 7 nitrogen and oxygen atoms in total. The molecule has 2 aromatic heterocycles. The van der Waals surface area contributed by atoms with Gasteiger partial charge in [0.25, 0.3) is 5.91 Å². The van der Waals surface area contributed by atoms with E-state index in [0.717, 1.165) is 25.0 Å². The predicted molar refractivity (Wildman–Crippen MR) is 65.5 cm³/mol. The molecule has 0 atom stereocenters. The highest BCUT2D eigenvalue weighted by Crippen LogP contribution is 2.17. The minimum Gasteiger partial charge on any atom is -0.267 e. The zero-order chi connectivity index (χ0) is 13.1. The van der Waals surface area contributed by atoms with Crippen molar-refractivity contribution in [3.05, 3.63) is 41.5 Å². The van der Waals surface area contributed by atoms with Gasteiger partial charge in [-0.1, -0.05) is 5.16 Å². The standard InChI is InChI=1S/C12H11N5O2/c18-12(8-4-6-13-7-5-8)15-14-9-2-1-3-10-11(9)17-19-16-10/h4-7H,1-3H2,(H,15,18). The van der Waals surface area contributed by atoms with Crippen LogP contribution in [0.3, 0.4) is 0 Å². The van der Waals surface area contributed by atoms with Crippen molar-refractivity contribution in [1.82, 2.24) is 20.7 Å². The van der Waals surface area contributed by atoms with Gasteiger partial charge in [0, 0.05) is 18.0 Å². The number of carbonyl (C=O) groups is 1. The molecule has 2 aromatic rings. The molecule has 0 aliphatic heterocycles. The van der Waals surface area contributed by atoms with Crippen LogP contribution in [0.5, 0.6) is 0 Å². The van der Waals surface area contributed by atoms with E-state index in [1.807, 2.05) is 0 Å². The van der Waals surface area contributed by atoms with E-state index in [1.165, 1.54) is 0 Å². The molecular formula is C12H11N5O2. The number of aromatic nitrogens is 3. The van der Waals surface area contributed by atoms with Crippen molar-refractivity contribution in [3.63, 3.8) is 0 Å². The first-order chi connectivity index (χ1) is 9.34. The summed E-state index contributed by atoms with van der Waals surface area (Å²) in [6.45, 7) is 0. The number of hydrogen-bond acceptors (Lipinski definition) is 6. The third-order valence-electron chi connectivity index (χ3n) is 2.89. The molecule has 1 aliphatic carbocycles. The Morgan fingerprint density at radius 1 is 1.26 bits per heavy atom. The van der Waals surface area contributed by atoms with Crippen LogP contribution in [0.1, 0.15) is 34.6 Å². The van der Waals surface area contributed by atoms with Crippen LogP contribution in [0.2, 0.25) is 0 Å². The summed E-state index contributed by atoms with van der Waals surface area (Å²) in [5, 5.41) is 11.7. The zero-order valence-corrected chi connectivity index (χ0v) is 10.0. The summed E-state index contributed by atoms with van der Waals surface area (Å²) in [6, 6.07) is 3.25. The number of pyridine rings is 1. The zero-order valence-electron chi connectivity index (χ0n) is 10.0. The molecule has 1 amide bonds. The van der Waals surface area contributed by atoms with Crippen molar-refractivity contribution >= 4 is 11.6 Å². The maximum absolute atomic E-state index is 11.8. The fourth-order valence-electron chi connectivity index (χ4n) is 1.93. The van der Waals surface area contributed by atoms with Gasteiger partial charge in [-0.15, -0.1) is 0 Å². The van der Waals surface area contributed by atoms with Crippen LogP contribution < -0.4 is 5.43 Å². The van der Waals surface area contributed by atoms with Gasteiger partial charge in [-0.3, -0.25) is 9.78 Å². The fraction of sp³-hybridized carbons (Fsp3) is 0.250. The molecule has 7 heteroatoms. The molecule has 1 N–H and O–H groups in total. The molecule has 96 valence electrons. The first-order valence-corrected chi connectivity index (χ1v) is 5.93. The molecule has 0 spiro atoms. The van der Waals surface area contributed by atoms with Crippen molar-refractivity contribution in [2.75, 3.05) is 0 Å². The number of amides is 1. The van der Waals surface area contributed by atoms with Crippen molar-refractivity contribution in [1.29, 1.82) is 0 Å². The number of nitrogens with one attached hydrogen (secondary N) is 1. The molecule has 2 heterocycles. The lowest BCUT2D eigenvalue weighted by Crippen LogP contribution is -2.22. The molecule has 19 heavy (non-hydrogen) atoms. The first kappa shape index (κ1) is 11.5. The van der Waals surface area contributed by atoms with Gasteiger partial charge in [0.2, 0.25) is 0 Å². The molecule has 3 rings (SSSR count). The molecule has 1 aliphatic rings. The number of rotatable bonds is 2. The van der Waals surface area contributed by atoms with Crippen LogP contribution in [0.25, 0.3) is 0 Å². The second kappa shape index (κ2) is 4.97. The summed E-state index contributed by atoms with van der Waals surface area (Å²) in [5.74, 6) is -0.279. The number of nitrogens with zero attached hydrogens (tertiary/aromatic N) is 4. The van der Waals surface area contributed by atoms with Gasteiger partial charge in [-0.2, -0.15) is 5.10 Å². The number of carbonyl (C=O) groups excluding carboxylic acids is 1. The van der Waals surface area contributed by atoms with Crippen LogP contribution in [0.4, 0.5) is 0 Å². The van der Waals surface area contributed by atoms with E-state index in [9.17, 15) is 4.79 Å². The lowest BCUT2D eigenvalue weighted by molar-refractivity contribution is 0.0954. The van der Waals surface area contributed by atoms with Crippen LogP contribution >= 0.6 is 0 Å². The smallest absolute Gasteiger partial charge is 0.267 e. The van der Waals surface area contributed by atoms with E-state index in [4.69, 9.17) is 0 Å². The summed E-state index contributed by atoms with van der Waals surface area (Å²) in [6.07, 6.45) is 5.61. The third-order valence-corrected chi connectivity index (χ3v) is 2.89. The molecule has 0 saturated carbocycles. The van der Waals surface area contributed by atoms with E-state index in [-0.39, 0.29) is 5.91 Å². The number of hydrazone groups is 1. The average Bonchev–Trinajstić information content (AvgIpc) is 2.94. The Balaban J connectivity index is 1.76. The molecule has 0 aromatic carbocycles. The fourth-order valence-corrected chi connectivity index (χ4v) is 1.93. The Bertz CT molecular complexity index is 620. The number of hydrogen-bond donors (Lipinski definition) is 1. The number of fused-ring (bicyclic) bond motifs is 1. The van der Waals surface area contributed by atoms with Crippen molar-refractivity contribution in [3.8, 4) is 0 Å². The second-order valence-corrected chi connectivity index (χ2v) is 4.15. The molecule has 0 radical (unpaired) electrons. The van der Waals surface area contributed by atoms with E-state index in [2.05, 4.69) is 30.5 Å². The SMILES string of the molecule is O=C(NN=C1CCCc2nonc21)c1ccncc1. The van der Waals surface area contributed by atoms with Gasteiger partial charge in [0.15, 0.2) is 5.69 Å². The maximum Gasteiger partial charge on any atom is 0.271 e. The monoisotopic (exact) mass is 257 g/mol. The normalized spacial score (nSPS) is 16.1. The summed E-state index contributed by atoms with van der Waals surface area (Å²) in [5.41, 5.74) is 5.15. The van der Waals surface area contributed by atoms with Gasteiger partial charge in [0.1, 0.15) is 5.69 Å². The Kier molecular flexibility index (Phi) is 3.01. The molecular weight excluding hydrogens is 246 g/mol. The Morgan fingerprint density at radius 2 is 2.11 bits per heavy atom. The van der Waals surface area contributed by atoms with Crippen molar-refractivity contribution < 1.29 is 9.42 Å². The topological polar surface area (TPSA) is 93.3 Å². The Hall–Kier alpha value is -2.57. The predicted octanol–water partition coefficient (Wildman–Crippen LogP) is 0.935. The summed E-state index contributed by atoms with van der Waals surface area (Å²) >= 11 is 0. The third kappa shape index (κ3) is 2.35. The quantitative estimate of drug-likeness (QED) is 0.808. The van der Waals surface area contributed by atoms with Crippen molar-refractivity contribution in [2.24, 2.45) is 5.10 Å². The molecule has 0 unspecified atom stereocenters. The molecule has 0 fully saturated rings. The Morgan fingerprint density at radius 3 is 2.95 bits per heavy atom. The minimum absolute atomic E-state index is 0.279. The van der Waals surface area contributed by atoms with Crippen molar-refractivity contribution in [2.45, 2.75) is 19.3 Å². The van der Waals surface area contributed by atoms with Gasteiger partial charge in [-0.25, -0.2) is 10.1 Å². The van der Waals surface area contributed by atoms with Crippen LogP contribution in [-0.4, -0.2) is 26.9 Å². The lowest BCUT2D eigenvalue weighted by Gasteiger charge is -2.09. The highest BCUT2D eigenvalue weighted by molar-refractivity contribution is 6.02. The van der Waals surface area contributed by atoms with Gasteiger partial charge in [-0.05, 0) is 36.6 Å². The van der Waals surface area contributed by atoms with E-state index < -0.39 is 0 Å². The summed E-state index contributed by atoms with van der Waals surface area (Å²) in [4.78, 5) is 15.7. The van der Waals surface area contributed by atoms with Gasteiger partial charge >= 0.3 is 0 Å². The van der Waals surface area contributed by atoms with Crippen LogP contribution in [0, 0.1) is 0 Å². The Labute approximate surface area is 108 Å². The van der Waals surface area contributed by atoms with Gasteiger partial charge < -0.3 is 0 Å². The van der Waals surface area contributed by atoms with Crippen LogP contribution in [-0.2, 0) is 6.42 Å². The average molecular weight is 257 g/mol. The van der Waals surface area contributed by atoms with Crippen LogP contribution in [0.15, 0.2) is 34.3 Å². The molecule has 0 saturated heterocycles. The largest absolute Gasteiger partial charge is 0.271 e. The molecule has 0 bridgehead atoms. The maximum atomic E-state index is 11.8. The summed E-state index contributed by atoms with van der Waals surface area (Å²) in [7, 11) is 0. The van der Waals surface area contributed by atoms with E-state index >= 15 is 0 Å². The summed E-state index contributed by atoms with van der Waals surface area (Å²) < 4.78 is 4.69. The highest BCUT2D eigenvalue weighted by Gasteiger charge is 2.21. The lowest BCUT2D eigenvalue weighted by atomic mass is 9.99. The number of aryl methyl sites for hydroxylation is 1. The first-order valence-electron chi connectivity index (χ1n) is 5.93. The van der Waals surface area contributed by atoms with E-state index in [1.54, 1.807) is 24.5 Å². The van der Waals surface area contributed by atoms with E-state index in [0.29, 0.717) is 17.0 Å². The van der Waals surface area contributed by atoms with Gasteiger partial charge in [0.05, 0.1) is 5.71 Å².